The van der Waals surface area contributed by atoms with E-state index in [-0.39, 0.29) is 85.4 Å². The molecule has 3 aromatic carbocycles. The van der Waals surface area contributed by atoms with Crippen LogP contribution in [0.4, 0.5) is 23.0 Å². The summed E-state index contributed by atoms with van der Waals surface area (Å²) < 4.78 is 5.92. The van der Waals surface area contributed by atoms with Crippen molar-refractivity contribution in [3.63, 3.8) is 0 Å². The average molecular weight is 1150 g/mol. The van der Waals surface area contributed by atoms with Crippen LogP contribution in [-0.4, -0.2) is 133 Å². The van der Waals surface area contributed by atoms with Gasteiger partial charge in [0.15, 0.2) is 11.6 Å². The van der Waals surface area contributed by atoms with Crippen LogP contribution in [0.5, 0.6) is 0 Å². The highest BCUT2D eigenvalue weighted by Crippen LogP contribution is 2.56. The molecule has 8 amide bonds. The van der Waals surface area contributed by atoms with E-state index in [1.165, 1.54) is 60.3 Å². The van der Waals surface area contributed by atoms with Crippen molar-refractivity contribution in [3.05, 3.63) is 151 Å². The number of anilines is 4. The molecule has 0 saturated carbocycles. The van der Waals surface area contributed by atoms with E-state index >= 15 is 0 Å². The molecular weight excluding hydrogens is 1080 g/mol. The maximum Gasteiger partial charge on any atom is 0.291 e. The summed E-state index contributed by atoms with van der Waals surface area (Å²) >= 11 is 0. The first kappa shape index (κ1) is 61.4. The molecule has 83 heavy (non-hydrogen) atoms. The van der Waals surface area contributed by atoms with E-state index in [1.807, 2.05) is 37.2 Å². The van der Waals surface area contributed by atoms with E-state index in [1.54, 1.807) is 39.0 Å². The summed E-state index contributed by atoms with van der Waals surface area (Å²) in [6.07, 6.45) is 9.57. The van der Waals surface area contributed by atoms with E-state index in [2.05, 4.69) is 125 Å². The topological polar surface area (TPSA) is 282 Å². The predicted molar refractivity (Wildman–Crippen MR) is 322 cm³/mol. The molecule has 0 spiro atoms. The molecule has 4 aromatic heterocycles. The molecule has 0 fully saturated rings. The van der Waals surface area contributed by atoms with Crippen molar-refractivity contribution in [3.8, 4) is 0 Å². The van der Waals surface area contributed by atoms with Crippen molar-refractivity contribution in [2.75, 3.05) is 74.2 Å². The molecule has 0 saturated heterocycles. The maximum absolute atomic E-state index is 13.3. The minimum absolute atomic E-state index is 0.00806. The Morgan fingerprint density at radius 1 is 0.434 bits per heavy atom. The SMILES string of the molecule is CN(C)CCCNC(=O)CCNC(=O)c1cc(NC(=O)c2nc(NC(=O)CCNC(=O)c3cc(NC(=O)c4nc(NC(=O)CCNC(=O)CCCC[P+](c5ccccc5)(c5ccccc5)c5ccccc5)cn4C)cn3C)cn2C)cn1C. The van der Waals surface area contributed by atoms with Crippen LogP contribution in [0.1, 0.15) is 87.2 Å². The monoisotopic (exact) mass is 1150 g/mol. The highest BCUT2D eigenvalue weighted by atomic mass is 31.2. The highest BCUT2D eigenvalue weighted by molar-refractivity contribution is 7.95. The molecule has 0 radical (unpaired) electrons. The Morgan fingerprint density at radius 3 is 1.27 bits per heavy atom. The summed E-state index contributed by atoms with van der Waals surface area (Å²) in [7, 11) is 8.35. The summed E-state index contributed by atoms with van der Waals surface area (Å²) in [5, 5.41) is 25.7. The van der Waals surface area contributed by atoms with Gasteiger partial charge < -0.3 is 65.7 Å². The molecule has 0 bridgehead atoms. The van der Waals surface area contributed by atoms with Crippen LogP contribution >= 0.6 is 7.26 Å². The molecule has 7 rings (SSSR count). The summed E-state index contributed by atoms with van der Waals surface area (Å²) in [5.41, 5.74) is 1.07. The van der Waals surface area contributed by atoms with Gasteiger partial charge in [-0.2, -0.15) is 0 Å². The van der Waals surface area contributed by atoms with Crippen LogP contribution in [0, 0.1) is 0 Å². The standard InChI is InChI=1S/C59H72N15O8P/c1-70(2)33-18-29-60-51(76)26-31-62-56(79)46-35-41(37-71(46)3)64-59(82)55-69-49(40-74(55)6)67-53(78)28-32-63-57(80)47-36-42(38-72(47)4)65-58(81)54-68-48(39-73(54)5)66-52(77)27-30-61-50(75)25-16-17-34-83(43-19-10-7-11-20-43,44-21-12-8-13-22-44)45-23-14-9-15-24-45/h7-15,19-24,35-40H,16-18,25-34H2,1-6H3,(H7-,60,61,62,63,64,65,66,67,75,76,77,78,79,80,81,82)/p+1. The zero-order valence-corrected chi connectivity index (χ0v) is 48.6. The normalized spacial score (nSPS) is 11.2. The number of aryl methyl sites for hydroxylation is 4. The second-order valence-electron chi connectivity index (χ2n) is 20.2. The number of rotatable bonds is 29. The van der Waals surface area contributed by atoms with Crippen molar-refractivity contribution in [2.45, 2.75) is 44.9 Å². The Labute approximate surface area is 482 Å². The van der Waals surface area contributed by atoms with Gasteiger partial charge >= 0.3 is 0 Å². The number of amides is 8. The third-order valence-corrected chi connectivity index (χ3v) is 18.0. The first-order chi connectivity index (χ1) is 39.9. The maximum atomic E-state index is 13.3. The summed E-state index contributed by atoms with van der Waals surface area (Å²) in [6, 6.07) is 34.8. The number of aromatic nitrogens is 6. The Morgan fingerprint density at radius 2 is 0.831 bits per heavy atom. The van der Waals surface area contributed by atoms with Gasteiger partial charge in [0.2, 0.25) is 35.3 Å². The van der Waals surface area contributed by atoms with Gasteiger partial charge in [0.1, 0.15) is 34.6 Å². The molecule has 0 aliphatic carbocycles. The fourth-order valence-corrected chi connectivity index (χ4v) is 13.8. The van der Waals surface area contributed by atoms with Gasteiger partial charge in [-0.1, -0.05) is 54.6 Å². The molecule has 0 aliphatic rings. The van der Waals surface area contributed by atoms with Gasteiger partial charge in [0.25, 0.3) is 23.6 Å². The molecule has 0 aliphatic heterocycles. The van der Waals surface area contributed by atoms with Gasteiger partial charge in [0.05, 0.1) is 17.5 Å². The second-order valence-corrected chi connectivity index (χ2v) is 23.8. The Hall–Kier alpha value is -9.21. The number of imidazole rings is 2. The van der Waals surface area contributed by atoms with Crippen LogP contribution in [-0.2, 0) is 47.4 Å². The molecule has 0 unspecified atom stereocenters. The molecule has 4 heterocycles. The lowest BCUT2D eigenvalue weighted by atomic mass is 10.2. The molecule has 0 atom stereocenters. The van der Waals surface area contributed by atoms with Gasteiger partial charge in [-0.3, -0.25) is 38.4 Å². The lowest BCUT2D eigenvalue weighted by Gasteiger charge is -2.27. The van der Waals surface area contributed by atoms with Crippen molar-refractivity contribution in [1.29, 1.82) is 0 Å². The molecule has 23 nitrogen and oxygen atoms in total. The zero-order valence-electron chi connectivity index (χ0n) is 47.7. The van der Waals surface area contributed by atoms with Crippen molar-refractivity contribution < 1.29 is 38.4 Å². The van der Waals surface area contributed by atoms with Crippen LogP contribution in [0.15, 0.2) is 128 Å². The lowest BCUT2D eigenvalue weighted by Crippen LogP contribution is -2.33. The van der Waals surface area contributed by atoms with Crippen LogP contribution in [0.2, 0.25) is 0 Å². The van der Waals surface area contributed by atoms with Crippen molar-refractivity contribution >= 4 is 93.4 Å². The minimum Gasteiger partial charge on any atom is -0.356 e. The predicted octanol–water partition coefficient (Wildman–Crippen LogP) is 3.89. The molecule has 7 aromatic rings. The van der Waals surface area contributed by atoms with E-state index in [9.17, 15) is 38.4 Å². The number of unbranched alkanes of at least 4 members (excludes halogenated alkanes) is 1. The summed E-state index contributed by atoms with van der Waals surface area (Å²) in [4.78, 5) is 114. The minimum atomic E-state index is -2.00. The van der Waals surface area contributed by atoms with Crippen LogP contribution in [0.3, 0.4) is 0 Å². The smallest absolute Gasteiger partial charge is 0.291 e. The molecular formula is C59H73N15O8P+. The highest BCUT2D eigenvalue weighted by Gasteiger charge is 2.44. The van der Waals surface area contributed by atoms with Crippen molar-refractivity contribution in [1.82, 2.24) is 54.4 Å². The van der Waals surface area contributed by atoms with Crippen LogP contribution < -0.4 is 58.4 Å². The fraction of sp³-hybridized carbons (Fsp3) is 0.322. The van der Waals surface area contributed by atoms with Gasteiger partial charge in [0, 0.05) is 105 Å². The lowest BCUT2D eigenvalue weighted by molar-refractivity contribution is -0.122. The van der Waals surface area contributed by atoms with E-state index in [4.69, 9.17) is 0 Å². The number of hydrogen-bond acceptors (Lipinski definition) is 11. The summed E-state index contributed by atoms with van der Waals surface area (Å²) in [6.45, 7) is 1.60. The Kier molecular flexibility index (Phi) is 21.8. The third kappa shape index (κ3) is 17.2. The largest absolute Gasteiger partial charge is 0.356 e. The average Bonchev–Trinajstić information content (AvgIpc) is 3.59. The van der Waals surface area contributed by atoms with E-state index in [0.29, 0.717) is 30.8 Å². The fourth-order valence-electron chi connectivity index (χ4n) is 9.37. The number of nitrogens with zero attached hydrogens (tertiary/aromatic N) is 7. The van der Waals surface area contributed by atoms with Gasteiger partial charge in [-0.25, -0.2) is 9.97 Å². The van der Waals surface area contributed by atoms with E-state index < -0.39 is 42.7 Å². The molecule has 24 heteroatoms. The first-order valence-corrected chi connectivity index (χ1v) is 29.3. The second kappa shape index (κ2) is 29.5. The first-order valence-electron chi connectivity index (χ1n) is 27.3. The number of carbonyl (C=O) groups is 8. The van der Waals surface area contributed by atoms with Crippen molar-refractivity contribution in [2.24, 2.45) is 28.2 Å². The summed E-state index contributed by atoms with van der Waals surface area (Å²) in [5.74, 6) is -3.11. The van der Waals surface area contributed by atoms with Gasteiger partial charge in [-0.15, -0.1) is 0 Å². The zero-order chi connectivity index (χ0) is 59.5. The van der Waals surface area contributed by atoms with Gasteiger partial charge in [-0.05, 0) is 88.4 Å². The number of nitrogens with one attached hydrogen (secondary N) is 8. The number of benzene rings is 3. The number of carbonyl (C=O) groups excluding carboxylic acids is 8. The van der Waals surface area contributed by atoms with E-state index in [0.717, 1.165) is 25.5 Å². The third-order valence-electron chi connectivity index (χ3n) is 13.5. The molecule has 436 valence electrons. The Balaban J connectivity index is 0.799. The quantitative estimate of drug-likeness (QED) is 0.0246. The molecule has 8 N–H and O–H groups in total. The number of hydrogen-bond donors (Lipinski definition) is 8. The van der Waals surface area contributed by atoms with Crippen LogP contribution in [0.25, 0.3) is 0 Å². The Bertz CT molecular complexity index is 3290.